The fraction of sp³-hybridized carbons (Fsp3) is 0.240. The Hall–Kier alpha value is -3.12. The van der Waals surface area contributed by atoms with Crippen molar-refractivity contribution in [3.05, 3.63) is 89.1 Å². The second-order valence-corrected chi connectivity index (χ2v) is 8.91. The van der Waals surface area contributed by atoms with Crippen molar-refractivity contribution < 1.29 is 4.79 Å². The number of thioether (sulfide) groups is 1. The van der Waals surface area contributed by atoms with Crippen LogP contribution in [0.2, 0.25) is 0 Å². The molecule has 0 unspecified atom stereocenters. The topological polar surface area (TPSA) is 50.5 Å². The number of nitrogens with zero attached hydrogens (tertiary/aromatic N) is 4. The van der Waals surface area contributed by atoms with E-state index in [2.05, 4.69) is 31.0 Å². The number of aryl methyl sites for hydroxylation is 2. The van der Waals surface area contributed by atoms with E-state index >= 15 is 0 Å². The Labute approximate surface area is 187 Å². The fourth-order valence-electron chi connectivity index (χ4n) is 3.31. The first-order chi connectivity index (χ1) is 14.9. The van der Waals surface area contributed by atoms with E-state index in [0.29, 0.717) is 22.5 Å². The maximum absolute atomic E-state index is 13.3. The lowest BCUT2D eigenvalue weighted by Crippen LogP contribution is -2.30. The summed E-state index contributed by atoms with van der Waals surface area (Å²) in [6, 6.07) is 16.2. The van der Waals surface area contributed by atoms with E-state index in [1.807, 2.05) is 67.2 Å². The van der Waals surface area contributed by atoms with Gasteiger partial charge in [-0.25, -0.2) is 9.98 Å². The van der Waals surface area contributed by atoms with E-state index in [1.54, 1.807) is 11.1 Å². The largest absolute Gasteiger partial charge is 0.337 e. The lowest BCUT2D eigenvalue weighted by molar-refractivity contribution is -0.113. The molecule has 0 bridgehead atoms. The lowest BCUT2D eigenvalue weighted by atomic mass is 10.0. The summed E-state index contributed by atoms with van der Waals surface area (Å²) in [5.74, 6) is 1.93. The van der Waals surface area contributed by atoms with Gasteiger partial charge in [0.25, 0.3) is 5.91 Å². The van der Waals surface area contributed by atoms with Gasteiger partial charge in [-0.15, -0.1) is 0 Å². The van der Waals surface area contributed by atoms with Crippen molar-refractivity contribution in [2.24, 2.45) is 12.0 Å². The maximum Gasteiger partial charge on any atom is 0.283 e. The Balaban J connectivity index is 1.65. The van der Waals surface area contributed by atoms with Gasteiger partial charge in [0, 0.05) is 19.4 Å². The summed E-state index contributed by atoms with van der Waals surface area (Å²) in [4.78, 5) is 24.1. The third-order valence-corrected chi connectivity index (χ3v) is 6.21. The highest BCUT2D eigenvalue weighted by Crippen LogP contribution is 2.31. The van der Waals surface area contributed by atoms with Crippen LogP contribution in [0.1, 0.15) is 42.3 Å². The molecule has 3 aromatic rings. The molecule has 6 heteroatoms. The molecule has 0 saturated heterocycles. The van der Waals surface area contributed by atoms with E-state index < -0.39 is 0 Å². The van der Waals surface area contributed by atoms with Crippen LogP contribution in [0.3, 0.4) is 0 Å². The summed E-state index contributed by atoms with van der Waals surface area (Å²) in [7, 11) is 1.97. The minimum Gasteiger partial charge on any atom is -0.337 e. The van der Waals surface area contributed by atoms with Crippen molar-refractivity contribution in [2.75, 3.05) is 4.90 Å². The predicted octanol–water partition coefficient (Wildman–Crippen LogP) is 5.53. The molecule has 2 heterocycles. The van der Waals surface area contributed by atoms with E-state index in [1.165, 1.54) is 17.3 Å². The van der Waals surface area contributed by atoms with Crippen molar-refractivity contribution in [2.45, 2.75) is 32.4 Å². The average Bonchev–Trinajstić information content (AvgIpc) is 3.30. The minimum absolute atomic E-state index is 0.112. The summed E-state index contributed by atoms with van der Waals surface area (Å²) < 4.78 is 1.98. The SMILES string of the molecule is Cc1ccc(N2C(=O)C(=Cc3ccc(C(C)C)cc3)N=C2SCc2nccn2C)cc1. The molecule has 1 amide bonds. The van der Waals surface area contributed by atoms with E-state index in [9.17, 15) is 4.79 Å². The van der Waals surface area contributed by atoms with Crippen molar-refractivity contribution >= 4 is 34.6 Å². The molecular weight excluding hydrogens is 404 g/mol. The second kappa shape index (κ2) is 8.94. The standard InChI is InChI=1S/C25H26N4OS/c1-17(2)20-9-7-19(8-10-20)15-22-24(30)29(21-11-5-18(3)6-12-21)25(27-22)31-16-23-26-13-14-28(23)4/h5-15,17H,16H2,1-4H3. The minimum atomic E-state index is -0.112. The number of imidazole rings is 1. The molecule has 0 atom stereocenters. The maximum atomic E-state index is 13.3. The Kier molecular flexibility index (Phi) is 6.09. The molecule has 1 aromatic heterocycles. The summed E-state index contributed by atoms with van der Waals surface area (Å²) in [5, 5.41) is 0.668. The summed E-state index contributed by atoms with van der Waals surface area (Å²) in [5.41, 5.74) is 4.66. The van der Waals surface area contributed by atoms with E-state index in [0.717, 1.165) is 22.6 Å². The highest BCUT2D eigenvalue weighted by Gasteiger charge is 2.32. The van der Waals surface area contributed by atoms with Crippen LogP contribution in [0.15, 0.2) is 71.6 Å². The number of anilines is 1. The van der Waals surface area contributed by atoms with Crippen LogP contribution in [-0.4, -0.2) is 20.6 Å². The molecule has 0 aliphatic carbocycles. The van der Waals surface area contributed by atoms with Gasteiger partial charge >= 0.3 is 0 Å². The predicted molar refractivity (Wildman–Crippen MR) is 129 cm³/mol. The third-order valence-electron chi connectivity index (χ3n) is 5.28. The molecule has 1 aliphatic rings. The van der Waals surface area contributed by atoms with Gasteiger partial charge in [0.15, 0.2) is 5.17 Å². The molecule has 0 radical (unpaired) electrons. The van der Waals surface area contributed by atoms with Crippen LogP contribution >= 0.6 is 11.8 Å². The van der Waals surface area contributed by atoms with Gasteiger partial charge in [0.2, 0.25) is 0 Å². The third kappa shape index (κ3) is 4.64. The summed E-state index contributed by atoms with van der Waals surface area (Å²) in [6.07, 6.45) is 5.56. The molecule has 0 spiro atoms. The van der Waals surface area contributed by atoms with Crippen LogP contribution < -0.4 is 4.90 Å². The van der Waals surface area contributed by atoms with Crippen LogP contribution in [0.4, 0.5) is 5.69 Å². The number of amides is 1. The first-order valence-electron chi connectivity index (χ1n) is 10.3. The first kappa shape index (κ1) is 21.1. The normalized spacial score (nSPS) is 15.3. The molecular formula is C25H26N4OS. The fourth-order valence-corrected chi connectivity index (χ4v) is 4.33. The van der Waals surface area contributed by atoms with Gasteiger partial charge in [-0.1, -0.05) is 67.6 Å². The Bertz CT molecular complexity index is 1140. The molecule has 5 nitrogen and oxygen atoms in total. The number of carbonyl (C=O) groups excluding carboxylic acids is 1. The van der Waals surface area contributed by atoms with Crippen LogP contribution in [0.25, 0.3) is 6.08 Å². The highest BCUT2D eigenvalue weighted by molar-refractivity contribution is 8.13. The Morgan fingerprint density at radius 1 is 1.06 bits per heavy atom. The summed E-state index contributed by atoms with van der Waals surface area (Å²) >= 11 is 1.52. The number of rotatable bonds is 5. The van der Waals surface area contributed by atoms with Crippen molar-refractivity contribution in [3.8, 4) is 0 Å². The van der Waals surface area contributed by atoms with Gasteiger partial charge in [-0.3, -0.25) is 9.69 Å². The smallest absolute Gasteiger partial charge is 0.283 e. The zero-order chi connectivity index (χ0) is 22.0. The van der Waals surface area contributed by atoms with Crippen LogP contribution in [0.5, 0.6) is 0 Å². The lowest BCUT2D eigenvalue weighted by Gasteiger charge is -2.18. The summed E-state index contributed by atoms with van der Waals surface area (Å²) in [6.45, 7) is 6.37. The Morgan fingerprint density at radius 3 is 2.39 bits per heavy atom. The molecule has 2 aromatic carbocycles. The number of amidine groups is 1. The van der Waals surface area contributed by atoms with Crippen molar-refractivity contribution in [3.63, 3.8) is 0 Å². The van der Waals surface area contributed by atoms with Gasteiger partial charge in [0.1, 0.15) is 11.5 Å². The second-order valence-electron chi connectivity index (χ2n) is 7.96. The quantitative estimate of drug-likeness (QED) is 0.500. The van der Waals surface area contributed by atoms with Gasteiger partial charge in [0.05, 0.1) is 11.4 Å². The highest BCUT2D eigenvalue weighted by atomic mass is 32.2. The molecule has 4 rings (SSSR count). The molecule has 1 aliphatic heterocycles. The van der Waals surface area contributed by atoms with E-state index in [4.69, 9.17) is 4.99 Å². The number of benzene rings is 2. The van der Waals surface area contributed by atoms with Crippen LogP contribution in [-0.2, 0) is 17.6 Å². The van der Waals surface area contributed by atoms with E-state index in [-0.39, 0.29) is 5.91 Å². The molecule has 31 heavy (non-hydrogen) atoms. The van der Waals surface area contributed by atoms with Gasteiger partial charge < -0.3 is 4.57 Å². The van der Waals surface area contributed by atoms with Crippen molar-refractivity contribution in [1.29, 1.82) is 0 Å². The zero-order valence-electron chi connectivity index (χ0n) is 18.2. The zero-order valence-corrected chi connectivity index (χ0v) is 19.1. The molecule has 0 fully saturated rings. The Morgan fingerprint density at radius 2 is 1.77 bits per heavy atom. The van der Waals surface area contributed by atoms with Gasteiger partial charge in [-0.05, 0) is 42.2 Å². The average molecular weight is 431 g/mol. The first-order valence-corrected chi connectivity index (χ1v) is 11.3. The number of carbonyl (C=O) groups is 1. The van der Waals surface area contributed by atoms with Crippen LogP contribution in [0, 0.1) is 6.92 Å². The number of hydrogen-bond acceptors (Lipinski definition) is 4. The monoisotopic (exact) mass is 430 g/mol. The number of aromatic nitrogens is 2. The van der Waals surface area contributed by atoms with Gasteiger partial charge in [-0.2, -0.15) is 0 Å². The van der Waals surface area contributed by atoms with Crippen molar-refractivity contribution in [1.82, 2.24) is 9.55 Å². The molecule has 0 N–H and O–H groups in total. The molecule has 0 saturated carbocycles. The number of aliphatic imine (C=N–C) groups is 1. The molecule has 158 valence electrons. The number of hydrogen-bond donors (Lipinski definition) is 0.